The number of nitrogens with one attached hydrogen (secondary N) is 1. The van der Waals surface area contributed by atoms with E-state index < -0.39 is 5.91 Å². The Labute approximate surface area is 138 Å². The number of anilines is 1. The lowest BCUT2D eigenvalue weighted by molar-refractivity contribution is -0.128. The molecule has 3 N–H and O–H groups in total. The van der Waals surface area contributed by atoms with Crippen molar-refractivity contribution >= 4 is 17.5 Å². The summed E-state index contributed by atoms with van der Waals surface area (Å²) in [7, 11) is 0. The average molecular weight is 317 g/mol. The van der Waals surface area contributed by atoms with Crippen LogP contribution in [0.4, 0.5) is 5.69 Å². The van der Waals surface area contributed by atoms with Gasteiger partial charge >= 0.3 is 0 Å². The Balaban J connectivity index is 2.02. The third-order valence-corrected chi connectivity index (χ3v) is 4.74. The second kappa shape index (κ2) is 6.60. The Kier molecular flexibility index (Phi) is 4.97. The molecule has 2 atom stereocenters. The first-order valence-corrected chi connectivity index (χ1v) is 8.14. The fourth-order valence-corrected chi connectivity index (χ4v) is 2.77. The molecule has 1 saturated heterocycles. The number of amides is 2. The molecular weight excluding hydrogens is 290 g/mol. The molecule has 5 heteroatoms. The molecule has 1 aromatic rings. The van der Waals surface area contributed by atoms with Crippen LogP contribution < -0.4 is 16.0 Å². The molecule has 5 nitrogen and oxygen atoms in total. The number of carbonyl (C=O) groups excluding carboxylic acids is 2. The number of primary amides is 1. The Morgan fingerprint density at radius 3 is 2.57 bits per heavy atom. The minimum atomic E-state index is -0.422. The van der Waals surface area contributed by atoms with Crippen LogP contribution in [0, 0.1) is 11.3 Å². The van der Waals surface area contributed by atoms with Gasteiger partial charge in [-0.15, -0.1) is 0 Å². The van der Waals surface area contributed by atoms with E-state index in [4.69, 9.17) is 5.73 Å². The summed E-state index contributed by atoms with van der Waals surface area (Å²) in [4.78, 5) is 26.0. The van der Waals surface area contributed by atoms with Gasteiger partial charge in [-0.2, -0.15) is 0 Å². The summed E-state index contributed by atoms with van der Waals surface area (Å²) >= 11 is 0. The Bertz CT molecular complexity index is 592. The Morgan fingerprint density at radius 2 is 1.96 bits per heavy atom. The number of carbonyl (C=O) groups is 2. The van der Waals surface area contributed by atoms with Gasteiger partial charge in [0.2, 0.25) is 5.91 Å². The van der Waals surface area contributed by atoms with Crippen molar-refractivity contribution in [2.75, 3.05) is 18.0 Å². The monoisotopic (exact) mass is 317 g/mol. The second-order valence-electron chi connectivity index (χ2n) is 7.41. The first-order valence-electron chi connectivity index (χ1n) is 8.14. The van der Waals surface area contributed by atoms with Gasteiger partial charge in [-0.3, -0.25) is 9.59 Å². The van der Waals surface area contributed by atoms with Crippen LogP contribution in [0.25, 0.3) is 0 Å². The van der Waals surface area contributed by atoms with Crippen LogP contribution in [-0.2, 0) is 4.79 Å². The molecule has 0 spiro atoms. The van der Waals surface area contributed by atoms with Crippen LogP contribution in [0.15, 0.2) is 24.3 Å². The maximum atomic E-state index is 12.4. The fourth-order valence-electron chi connectivity index (χ4n) is 2.77. The molecule has 23 heavy (non-hydrogen) atoms. The van der Waals surface area contributed by atoms with Gasteiger partial charge < -0.3 is 16.0 Å². The first kappa shape index (κ1) is 17.3. The molecule has 0 aromatic heterocycles. The van der Waals surface area contributed by atoms with E-state index in [1.165, 1.54) is 0 Å². The Morgan fingerprint density at radius 1 is 1.30 bits per heavy atom. The number of nitrogens with zero attached hydrogens (tertiary/aromatic N) is 1. The standard InChI is InChI=1S/C18H27N3O2/c1-12(18(2,3)4)17(23)20-13-9-10-21(11-13)15-8-6-5-7-14(15)16(19)22/h5-8,12-13H,9-11H2,1-4H3,(H2,19,22)(H,20,23)/t12-,13+/m0/s1. The smallest absolute Gasteiger partial charge is 0.250 e. The molecule has 2 amide bonds. The van der Waals surface area contributed by atoms with E-state index in [0.717, 1.165) is 18.7 Å². The molecule has 1 aliphatic rings. The van der Waals surface area contributed by atoms with Crippen LogP contribution >= 0.6 is 0 Å². The lowest BCUT2D eigenvalue weighted by Crippen LogP contribution is -2.43. The minimum absolute atomic E-state index is 0.0468. The molecule has 0 aliphatic carbocycles. The predicted molar refractivity (Wildman–Crippen MR) is 92.3 cm³/mol. The van der Waals surface area contributed by atoms with E-state index in [9.17, 15) is 9.59 Å². The quantitative estimate of drug-likeness (QED) is 0.893. The molecule has 0 saturated carbocycles. The van der Waals surface area contributed by atoms with Crippen molar-refractivity contribution in [3.63, 3.8) is 0 Å². The third-order valence-electron chi connectivity index (χ3n) is 4.74. The van der Waals surface area contributed by atoms with Crippen LogP contribution in [-0.4, -0.2) is 30.9 Å². The summed E-state index contributed by atoms with van der Waals surface area (Å²) in [5.74, 6) is -0.378. The molecule has 0 unspecified atom stereocenters. The zero-order chi connectivity index (χ0) is 17.2. The SMILES string of the molecule is C[C@@H](C(=O)N[C@@H]1CCN(c2ccccc2C(N)=O)C1)C(C)(C)C. The highest BCUT2D eigenvalue weighted by Crippen LogP contribution is 2.27. The maximum absolute atomic E-state index is 12.4. The predicted octanol–water partition coefficient (Wildman–Crippen LogP) is 2.16. The summed E-state index contributed by atoms with van der Waals surface area (Å²) in [6.45, 7) is 9.68. The molecule has 0 bridgehead atoms. The highest BCUT2D eigenvalue weighted by molar-refractivity contribution is 5.98. The summed E-state index contributed by atoms with van der Waals surface area (Å²) in [6.07, 6.45) is 0.871. The number of hydrogen-bond donors (Lipinski definition) is 2. The summed E-state index contributed by atoms with van der Waals surface area (Å²) in [6, 6.07) is 7.46. The highest BCUT2D eigenvalue weighted by atomic mass is 16.2. The van der Waals surface area contributed by atoms with Crippen molar-refractivity contribution in [2.45, 2.75) is 40.2 Å². The largest absolute Gasteiger partial charge is 0.369 e. The lowest BCUT2D eigenvalue weighted by atomic mass is 9.81. The van der Waals surface area contributed by atoms with Crippen LogP contribution in [0.5, 0.6) is 0 Å². The average Bonchev–Trinajstić information content (AvgIpc) is 2.93. The van der Waals surface area contributed by atoms with Crippen LogP contribution in [0.1, 0.15) is 44.5 Å². The fraction of sp³-hybridized carbons (Fsp3) is 0.556. The summed E-state index contributed by atoms with van der Waals surface area (Å²) in [5.41, 5.74) is 6.77. The number of para-hydroxylation sites is 1. The summed E-state index contributed by atoms with van der Waals surface area (Å²) < 4.78 is 0. The van der Waals surface area contributed by atoms with Crippen molar-refractivity contribution in [3.8, 4) is 0 Å². The van der Waals surface area contributed by atoms with Gasteiger partial charge in [-0.05, 0) is 24.0 Å². The van der Waals surface area contributed by atoms with Crippen molar-refractivity contribution < 1.29 is 9.59 Å². The number of hydrogen-bond acceptors (Lipinski definition) is 3. The number of rotatable bonds is 4. The molecule has 1 fully saturated rings. The van der Waals surface area contributed by atoms with E-state index >= 15 is 0 Å². The molecule has 0 radical (unpaired) electrons. The van der Waals surface area contributed by atoms with Gasteiger partial charge in [0.05, 0.1) is 5.56 Å². The van der Waals surface area contributed by atoms with Gasteiger partial charge in [0, 0.05) is 30.7 Å². The van der Waals surface area contributed by atoms with Crippen molar-refractivity contribution in [2.24, 2.45) is 17.1 Å². The molecular formula is C18H27N3O2. The van der Waals surface area contributed by atoms with Crippen LogP contribution in [0.2, 0.25) is 0 Å². The van der Waals surface area contributed by atoms with E-state index in [1.807, 2.05) is 25.1 Å². The van der Waals surface area contributed by atoms with Gasteiger partial charge in [0.1, 0.15) is 0 Å². The van der Waals surface area contributed by atoms with Crippen molar-refractivity contribution in [1.82, 2.24) is 5.32 Å². The van der Waals surface area contributed by atoms with E-state index in [2.05, 4.69) is 31.0 Å². The van der Waals surface area contributed by atoms with Crippen molar-refractivity contribution in [3.05, 3.63) is 29.8 Å². The summed E-state index contributed by atoms with van der Waals surface area (Å²) in [5, 5.41) is 3.14. The van der Waals surface area contributed by atoms with E-state index in [-0.39, 0.29) is 23.3 Å². The van der Waals surface area contributed by atoms with Gasteiger partial charge in [-0.25, -0.2) is 0 Å². The third kappa shape index (κ3) is 4.03. The molecule has 2 rings (SSSR count). The number of nitrogens with two attached hydrogens (primary N) is 1. The lowest BCUT2D eigenvalue weighted by Gasteiger charge is -2.27. The first-order chi connectivity index (χ1) is 10.7. The molecule has 1 heterocycles. The van der Waals surface area contributed by atoms with Gasteiger partial charge in [0.15, 0.2) is 0 Å². The van der Waals surface area contributed by atoms with E-state index in [1.54, 1.807) is 6.07 Å². The van der Waals surface area contributed by atoms with Crippen molar-refractivity contribution in [1.29, 1.82) is 0 Å². The minimum Gasteiger partial charge on any atom is -0.369 e. The second-order valence-corrected chi connectivity index (χ2v) is 7.41. The normalized spacial score (nSPS) is 19.5. The maximum Gasteiger partial charge on any atom is 0.250 e. The highest BCUT2D eigenvalue weighted by Gasteiger charge is 2.31. The van der Waals surface area contributed by atoms with Gasteiger partial charge in [0.25, 0.3) is 5.91 Å². The zero-order valence-electron chi connectivity index (χ0n) is 14.4. The topological polar surface area (TPSA) is 75.4 Å². The van der Waals surface area contributed by atoms with Crippen LogP contribution in [0.3, 0.4) is 0 Å². The molecule has 1 aliphatic heterocycles. The molecule has 1 aromatic carbocycles. The molecule has 126 valence electrons. The Hall–Kier alpha value is -2.04. The zero-order valence-corrected chi connectivity index (χ0v) is 14.4. The van der Waals surface area contributed by atoms with Gasteiger partial charge in [-0.1, -0.05) is 39.8 Å². The number of benzene rings is 1. The van der Waals surface area contributed by atoms with E-state index in [0.29, 0.717) is 12.1 Å².